The number of likely N-dealkylation sites (tertiary alicyclic amines) is 1. The summed E-state index contributed by atoms with van der Waals surface area (Å²) in [6, 6.07) is 4.31. The monoisotopic (exact) mass is 628 g/mol. The van der Waals surface area contributed by atoms with Crippen LogP contribution < -0.4 is 16.8 Å². The number of nitrogens with zero attached hydrogens (tertiary/aromatic N) is 8. The minimum atomic E-state index is -0.180. The summed E-state index contributed by atoms with van der Waals surface area (Å²) >= 11 is 1.45. The molecular weight excluding hydrogens is 588 g/mol. The van der Waals surface area contributed by atoms with Crippen molar-refractivity contribution in [2.75, 3.05) is 30.4 Å². The number of thiophene rings is 1. The molecule has 13 nitrogen and oxygen atoms in total. The van der Waals surface area contributed by atoms with Gasteiger partial charge < -0.3 is 26.2 Å². The normalized spacial score (nSPS) is 16.0. The highest BCUT2D eigenvalue weighted by atomic mass is 32.1. The van der Waals surface area contributed by atoms with E-state index in [1.54, 1.807) is 6.07 Å². The molecule has 14 heteroatoms. The van der Waals surface area contributed by atoms with Crippen molar-refractivity contribution >= 4 is 39.0 Å². The minimum absolute atomic E-state index is 0.180. The number of nitriles is 1. The number of nitrogens with one attached hydrogen (secondary N) is 2. The van der Waals surface area contributed by atoms with E-state index >= 15 is 0 Å². The second-order valence-corrected chi connectivity index (χ2v) is 12.9. The van der Waals surface area contributed by atoms with Crippen molar-refractivity contribution in [3.8, 4) is 28.9 Å². The van der Waals surface area contributed by atoms with Gasteiger partial charge in [-0.3, -0.25) is 5.10 Å². The van der Waals surface area contributed by atoms with Crippen molar-refractivity contribution in [2.45, 2.75) is 84.3 Å². The molecule has 0 bridgehead atoms. The molecule has 5 aromatic rings. The van der Waals surface area contributed by atoms with Crippen LogP contribution in [0, 0.1) is 11.3 Å². The second-order valence-electron chi connectivity index (χ2n) is 11.8. The Balaban J connectivity index is 1.51. The second kappa shape index (κ2) is 12.9. The maximum atomic E-state index is 10.1. The van der Waals surface area contributed by atoms with Gasteiger partial charge in [0, 0.05) is 22.5 Å². The Morgan fingerprint density at radius 2 is 2.09 bits per heavy atom. The van der Waals surface area contributed by atoms with Gasteiger partial charge in [0.1, 0.15) is 22.7 Å². The number of rotatable bonds is 12. The summed E-state index contributed by atoms with van der Waals surface area (Å²) in [4.78, 5) is 13.5. The molecule has 0 aromatic carbocycles. The Hall–Kier alpha value is -4.48. The summed E-state index contributed by atoms with van der Waals surface area (Å²) in [6.45, 7) is 8.06. The van der Waals surface area contributed by atoms with Crippen LogP contribution in [-0.2, 0) is 19.4 Å². The Kier molecular flexibility index (Phi) is 8.73. The van der Waals surface area contributed by atoms with E-state index in [1.807, 2.05) is 17.8 Å². The maximum Gasteiger partial charge on any atom is 0.186 e. The molecule has 2 unspecified atom stereocenters. The number of aryl methyl sites for hydroxylation is 1. The molecule has 0 amide bonds. The van der Waals surface area contributed by atoms with E-state index in [1.165, 1.54) is 17.8 Å². The molecule has 236 valence electrons. The van der Waals surface area contributed by atoms with E-state index in [9.17, 15) is 5.26 Å². The van der Waals surface area contributed by atoms with E-state index in [4.69, 9.17) is 31.1 Å². The number of hydrogen-bond donors (Lipinski definition) is 4. The average molecular weight is 629 g/mol. The summed E-state index contributed by atoms with van der Waals surface area (Å²) in [7, 11) is 2.16. The smallest absolute Gasteiger partial charge is 0.186 e. The number of aromatic nitrogens is 7. The third kappa shape index (κ3) is 5.85. The highest BCUT2D eigenvalue weighted by molar-refractivity contribution is 7.16. The lowest BCUT2D eigenvalue weighted by atomic mass is 9.98. The van der Waals surface area contributed by atoms with E-state index in [0.29, 0.717) is 57.6 Å². The molecule has 2 atom stereocenters. The minimum Gasteiger partial charge on any atom is -0.389 e. The molecule has 0 saturated carbocycles. The Morgan fingerprint density at radius 3 is 2.78 bits per heavy atom. The average Bonchev–Trinajstić information content (AvgIpc) is 3.85. The molecule has 1 aliphatic rings. The van der Waals surface area contributed by atoms with Gasteiger partial charge in [0.15, 0.2) is 22.9 Å². The summed E-state index contributed by atoms with van der Waals surface area (Å²) in [5.41, 5.74) is 16.4. The van der Waals surface area contributed by atoms with Crippen molar-refractivity contribution in [2.24, 2.45) is 0 Å². The number of fused-ring (bicyclic) bond motifs is 1. The van der Waals surface area contributed by atoms with E-state index in [2.05, 4.69) is 52.5 Å². The number of likely N-dealkylation sites (N-methyl/N-ethyl adjacent to an activating group) is 1. The lowest BCUT2D eigenvalue weighted by Crippen LogP contribution is -2.29. The zero-order valence-corrected chi connectivity index (χ0v) is 27.0. The van der Waals surface area contributed by atoms with Crippen molar-refractivity contribution < 1.29 is 4.52 Å². The zero-order chi connectivity index (χ0) is 31.7. The van der Waals surface area contributed by atoms with Gasteiger partial charge in [-0.2, -0.15) is 15.5 Å². The number of hydrogen-bond acceptors (Lipinski definition) is 12. The number of anilines is 3. The van der Waals surface area contributed by atoms with Crippen LogP contribution in [0.3, 0.4) is 0 Å². The number of aromatic amines is 1. The van der Waals surface area contributed by atoms with Crippen LogP contribution in [0.5, 0.6) is 0 Å². The summed E-state index contributed by atoms with van der Waals surface area (Å²) in [6.07, 6.45) is 8.37. The number of nitrogens with two attached hydrogens (primary N) is 2. The van der Waals surface area contributed by atoms with Gasteiger partial charge in [-0.1, -0.05) is 31.8 Å². The molecule has 0 radical (unpaired) electrons. The molecule has 5 aromatic heterocycles. The molecule has 1 aliphatic heterocycles. The first kappa shape index (κ1) is 30.5. The predicted octanol–water partition coefficient (Wildman–Crippen LogP) is 5.53. The first-order valence-corrected chi connectivity index (χ1v) is 16.5. The van der Waals surface area contributed by atoms with Gasteiger partial charge in [-0.05, 0) is 52.6 Å². The van der Waals surface area contributed by atoms with Crippen LogP contribution in [0.4, 0.5) is 16.6 Å². The third-order valence-corrected chi connectivity index (χ3v) is 9.67. The van der Waals surface area contributed by atoms with Crippen LogP contribution in [0.2, 0.25) is 0 Å². The third-order valence-electron chi connectivity index (χ3n) is 8.59. The Labute approximate surface area is 266 Å². The van der Waals surface area contributed by atoms with E-state index in [0.717, 1.165) is 72.3 Å². The summed E-state index contributed by atoms with van der Waals surface area (Å²) < 4.78 is 8.08. The highest BCUT2D eigenvalue weighted by Crippen LogP contribution is 2.43. The van der Waals surface area contributed by atoms with Crippen LogP contribution in [0.15, 0.2) is 16.8 Å². The van der Waals surface area contributed by atoms with Crippen molar-refractivity contribution in [3.05, 3.63) is 34.0 Å². The fourth-order valence-electron chi connectivity index (χ4n) is 6.09. The molecule has 1 saturated heterocycles. The molecule has 1 fully saturated rings. The van der Waals surface area contributed by atoms with Gasteiger partial charge in [-0.25, -0.2) is 14.6 Å². The molecule has 6 heterocycles. The molecule has 45 heavy (non-hydrogen) atoms. The van der Waals surface area contributed by atoms with Gasteiger partial charge in [0.25, 0.3) is 0 Å². The largest absolute Gasteiger partial charge is 0.389 e. The van der Waals surface area contributed by atoms with Crippen molar-refractivity contribution in [1.82, 2.24) is 40.0 Å². The van der Waals surface area contributed by atoms with Crippen molar-refractivity contribution in [1.29, 1.82) is 5.26 Å². The van der Waals surface area contributed by atoms with Crippen LogP contribution in [0.25, 0.3) is 33.9 Å². The van der Waals surface area contributed by atoms with Gasteiger partial charge >= 0.3 is 0 Å². The van der Waals surface area contributed by atoms with Gasteiger partial charge in [-0.15, -0.1) is 11.3 Å². The standard InChI is InChI=1S/C31H40N12OS/c1-5-7-11-19-26(41-44-27(19)25-20(14-32)28(34)45-23(25)9-6-2)30-37-29(36-17(3)22-13-24(33)40-39-22)21-15-35-43(31(21)38-30)16-18-10-8-12-42(18)4/h13,15,17-18H,5-12,16,34H2,1-4H3,(H3,33,39,40)(H,36,37,38). The predicted molar refractivity (Wildman–Crippen MR) is 177 cm³/mol. The highest BCUT2D eigenvalue weighted by Gasteiger charge is 2.29. The van der Waals surface area contributed by atoms with Crippen LogP contribution >= 0.6 is 11.3 Å². The number of unbranched alkanes of at least 4 members (excludes halogenated alkanes) is 1. The lowest BCUT2D eigenvalue weighted by molar-refractivity contribution is 0.276. The molecule has 0 spiro atoms. The molecule has 6 N–H and O–H groups in total. The van der Waals surface area contributed by atoms with Crippen LogP contribution in [-0.4, -0.2) is 59.6 Å². The molecule has 0 aliphatic carbocycles. The fourth-order valence-corrected chi connectivity index (χ4v) is 7.21. The lowest BCUT2D eigenvalue weighted by Gasteiger charge is -2.19. The van der Waals surface area contributed by atoms with Gasteiger partial charge in [0.05, 0.1) is 41.0 Å². The Morgan fingerprint density at radius 1 is 1.24 bits per heavy atom. The number of nitrogen functional groups attached to an aromatic ring is 2. The molecular formula is C31H40N12OS. The summed E-state index contributed by atoms with van der Waals surface area (Å²) in [5.74, 6) is 2.05. The Bertz CT molecular complexity index is 1840. The first-order chi connectivity index (χ1) is 21.8. The fraction of sp³-hybridized carbons (Fsp3) is 0.484. The maximum absolute atomic E-state index is 10.1. The van der Waals surface area contributed by atoms with Crippen LogP contribution in [0.1, 0.15) is 80.6 Å². The number of H-pyrrole nitrogens is 1. The van der Waals surface area contributed by atoms with E-state index < -0.39 is 0 Å². The topological polar surface area (TPSA) is 189 Å². The first-order valence-electron chi connectivity index (χ1n) is 15.6. The van der Waals surface area contributed by atoms with Gasteiger partial charge in [0.2, 0.25) is 0 Å². The van der Waals surface area contributed by atoms with E-state index in [-0.39, 0.29) is 6.04 Å². The zero-order valence-electron chi connectivity index (χ0n) is 26.2. The quantitative estimate of drug-likeness (QED) is 0.136. The van der Waals surface area contributed by atoms with Crippen molar-refractivity contribution in [3.63, 3.8) is 0 Å². The molecule has 6 rings (SSSR count). The summed E-state index contributed by atoms with van der Waals surface area (Å²) in [5, 5.41) is 31.3. The SMILES string of the molecule is CCCCc1c(-c2nc(NC(C)c3cc(N)n[nH]3)c3cnn(CC4CCCN4C)c3n2)noc1-c1c(CCC)sc(N)c1C#N.